The molecule has 2 aromatic carbocycles. The summed E-state index contributed by atoms with van der Waals surface area (Å²) in [4.78, 5) is 8.78. The van der Waals surface area contributed by atoms with Crippen molar-refractivity contribution < 1.29 is 0 Å². The fourth-order valence-electron chi connectivity index (χ4n) is 2.68. The van der Waals surface area contributed by atoms with E-state index < -0.39 is 0 Å². The fraction of sp³-hybridized carbons (Fsp3) is 0.263. The lowest BCUT2D eigenvalue weighted by Crippen LogP contribution is -2.37. The molecule has 124 valence electrons. The lowest BCUT2D eigenvalue weighted by Gasteiger charge is -2.13. The van der Waals surface area contributed by atoms with Crippen LogP contribution in [0.15, 0.2) is 52.8 Å². The van der Waals surface area contributed by atoms with Crippen molar-refractivity contribution in [3.63, 3.8) is 0 Å². The van der Waals surface area contributed by atoms with Crippen LogP contribution < -0.4 is 10.6 Å². The molecule has 3 aromatic rings. The van der Waals surface area contributed by atoms with Gasteiger partial charge in [0.25, 0.3) is 0 Å². The van der Waals surface area contributed by atoms with E-state index in [9.17, 15) is 0 Å². The molecule has 0 atom stereocenters. The van der Waals surface area contributed by atoms with E-state index in [0.29, 0.717) is 0 Å². The van der Waals surface area contributed by atoms with Crippen molar-refractivity contribution in [2.24, 2.45) is 4.99 Å². The molecule has 0 saturated heterocycles. The number of guanidine groups is 1. The lowest BCUT2D eigenvalue weighted by molar-refractivity contribution is 0.788. The maximum absolute atomic E-state index is 4.48. The van der Waals surface area contributed by atoms with E-state index in [0.717, 1.165) is 36.2 Å². The molecule has 4 nitrogen and oxygen atoms in total. The van der Waals surface area contributed by atoms with Gasteiger partial charge >= 0.3 is 0 Å². The van der Waals surface area contributed by atoms with Gasteiger partial charge in [-0.15, -0.1) is 11.3 Å². The highest BCUT2D eigenvalue weighted by Crippen LogP contribution is 2.18. The molecular formula is C19H22N4S. The second-order valence-corrected chi connectivity index (χ2v) is 6.66. The Morgan fingerprint density at radius 2 is 1.96 bits per heavy atom. The minimum Gasteiger partial charge on any atom is -0.356 e. The Morgan fingerprint density at radius 1 is 1.12 bits per heavy atom. The molecular weight excluding hydrogens is 316 g/mol. The monoisotopic (exact) mass is 338 g/mol. The summed E-state index contributed by atoms with van der Waals surface area (Å²) in [7, 11) is 1.80. The van der Waals surface area contributed by atoms with Crippen LogP contribution in [0, 0.1) is 6.92 Å². The first-order chi connectivity index (χ1) is 11.8. The number of hydrogen-bond donors (Lipinski definition) is 2. The van der Waals surface area contributed by atoms with Gasteiger partial charge in [-0.2, -0.15) is 0 Å². The normalized spacial score (nSPS) is 11.7. The van der Waals surface area contributed by atoms with E-state index in [1.165, 1.54) is 16.3 Å². The number of aryl methyl sites for hydroxylation is 1. The average molecular weight is 338 g/mol. The van der Waals surface area contributed by atoms with Crippen LogP contribution in [-0.4, -0.2) is 24.5 Å². The SMILES string of the molecule is CN=C(NCCc1csc(C)n1)NCc1cccc2ccccc12. The largest absolute Gasteiger partial charge is 0.356 e. The minimum absolute atomic E-state index is 0.747. The fourth-order valence-corrected chi connectivity index (χ4v) is 3.33. The summed E-state index contributed by atoms with van der Waals surface area (Å²) in [6, 6.07) is 14.8. The summed E-state index contributed by atoms with van der Waals surface area (Å²) in [5.74, 6) is 0.815. The van der Waals surface area contributed by atoms with Crippen molar-refractivity contribution in [1.29, 1.82) is 0 Å². The molecule has 0 fully saturated rings. The van der Waals surface area contributed by atoms with E-state index in [1.807, 2.05) is 6.92 Å². The van der Waals surface area contributed by atoms with Gasteiger partial charge in [0.2, 0.25) is 0 Å². The number of nitrogens with zero attached hydrogens (tertiary/aromatic N) is 2. The minimum atomic E-state index is 0.747. The molecule has 0 aliphatic rings. The molecule has 0 bridgehead atoms. The Kier molecular flexibility index (Phi) is 5.43. The topological polar surface area (TPSA) is 49.3 Å². The zero-order valence-corrected chi connectivity index (χ0v) is 14.9. The Balaban J connectivity index is 1.55. The molecule has 0 amide bonds. The summed E-state index contributed by atoms with van der Waals surface area (Å²) in [6.07, 6.45) is 0.902. The van der Waals surface area contributed by atoms with Gasteiger partial charge in [0, 0.05) is 31.9 Å². The molecule has 5 heteroatoms. The van der Waals surface area contributed by atoms with Crippen LogP contribution in [-0.2, 0) is 13.0 Å². The second kappa shape index (κ2) is 7.93. The van der Waals surface area contributed by atoms with Crippen molar-refractivity contribution in [2.45, 2.75) is 19.9 Å². The predicted molar refractivity (Wildman–Crippen MR) is 103 cm³/mol. The second-order valence-electron chi connectivity index (χ2n) is 5.60. The summed E-state index contributed by atoms with van der Waals surface area (Å²) in [5.41, 5.74) is 2.40. The summed E-state index contributed by atoms with van der Waals surface area (Å²) >= 11 is 1.69. The van der Waals surface area contributed by atoms with Gasteiger partial charge in [-0.3, -0.25) is 4.99 Å². The van der Waals surface area contributed by atoms with E-state index in [4.69, 9.17) is 0 Å². The van der Waals surface area contributed by atoms with Crippen molar-refractivity contribution in [1.82, 2.24) is 15.6 Å². The molecule has 24 heavy (non-hydrogen) atoms. The number of aromatic nitrogens is 1. The highest BCUT2D eigenvalue weighted by Gasteiger charge is 2.03. The third kappa shape index (κ3) is 4.11. The summed E-state index contributed by atoms with van der Waals surface area (Å²) in [5, 5.41) is 12.5. The van der Waals surface area contributed by atoms with E-state index in [-0.39, 0.29) is 0 Å². The highest BCUT2D eigenvalue weighted by molar-refractivity contribution is 7.09. The number of rotatable bonds is 5. The number of nitrogens with one attached hydrogen (secondary N) is 2. The van der Waals surface area contributed by atoms with Crippen LogP contribution in [0.25, 0.3) is 10.8 Å². The first-order valence-corrected chi connectivity index (χ1v) is 8.96. The molecule has 0 spiro atoms. The number of thiazole rings is 1. The van der Waals surface area contributed by atoms with Crippen LogP contribution in [0.1, 0.15) is 16.3 Å². The van der Waals surface area contributed by atoms with Crippen molar-refractivity contribution in [2.75, 3.05) is 13.6 Å². The average Bonchev–Trinajstić information content (AvgIpc) is 3.03. The smallest absolute Gasteiger partial charge is 0.191 e. The number of fused-ring (bicyclic) bond motifs is 1. The number of benzene rings is 2. The summed E-state index contributed by atoms with van der Waals surface area (Å²) < 4.78 is 0. The zero-order chi connectivity index (χ0) is 16.8. The van der Waals surface area contributed by atoms with Gasteiger partial charge in [-0.1, -0.05) is 42.5 Å². The van der Waals surface area contributed by atoms with E-state index in [2.05, 4.69) is 68.5 Å². The first-order valence-electron chi connectivity index (χ1n) is 8.08. The Morgan fingerprint density at radius 3 is 2.75 bits per heavy atom. The van der Waals surface area contributed by atoms with Gasteiger partial charge in [0.15, 0.2) is 5.96 Å². The van der Waals surface area contributed by atoms with Gasteiger partial charge in [0.05, 0.1) is 10.7 Å². The van der Waals surface area contributed by atoms with Gasteiger partial charge in [0.1, 0.15) is 0 Å². The number of hydrogen-bond acceptors (Lipinski definition) is 3. The predicted octanol–water partition coefficient (Wildman–Crippen LogP) is 3.51. The number of aliphatic imine (C=N–C) groups is 1. The molecule has 0 aliphatic heterocycles. The lowest BCUT2D eigenvalue weighted by atomic mass is 10.0. The van der Waals surface area contributed by atoms with Crippen molar-refractivity contribution >= 4 is 28.1 Å². The Labute approximate surface area is 146 Å². The molecule has 0 saturated carbocycles. The molecule has 2 N–H and O–H groups in total. The molecule has 0 aliphatic carbocycles. The third-order valence-corrected chi connectivity index (χ3v) is 4.71. The van der Waals surface area contributed by atoms with Gasteiger partial charge in [-0.05, 0) is 23.3 Å². The molecule has 0 unspecified atom stereocenters. The standard InChI is InChI=1S/C19H22N4S/c1-14-23-17(13-24-14)10-11-21-19(20-2)22-12-16-8-5-7-15-6-3-4-9-18(15)16/h3-9,13H,10-12H2,1-2H3,(H2,20,21,22). The summed E-state index contributed by atoms with van der Waals surface area (Å²) in [6.45, 7) is 3.60. The van der Waals surface area contributed by atoms with Crippen LogP contribution in [0.4, 0.5) is 0 Å². The van der Waals surface area contributed by atoms with Crippen LogP contribution in [0.5, 0.6) is 0 Å². The highest BCUT2D eigenvalue weighted by atomic mass is 32.1. The molecule has 3 rings (SSSR count). The van der Waals surface area contributed by atoms with Crippen molar-refractivity contribution in [3.05, 3.63) is 64.1 Å². The van der Waals surface area contributed by atoms with Crippen LogP contribution >= 0.6 is 11.3 Å². The van der Waals surface area contributed by atoms with Gasteiger partial charge in [-0.25, -0.2) is 4.98 Å². The van der Waals surface area contributed by atoms with Gasteiger partial charge < -0.3 is 10.6 Å². The Bertz CT molecular complexity index is 833. The maximum Gasteiger partial charge on any atom is 0.191 e. The quantitative estimate of drug-likeness (QED) is 0.553. The first kappa shape index (κ1) is 16.5. The van der Waals surface area contributed by atoms with E-state index in [1.54, 1.807) is 18.4 Å². The molecule has 0 radical (unpaired) electrons. The van der Waals surface area contributed by atoms with E-state index >= 15 is 0 Å². The molecule has 1 aromatic heterocycles. The molecule has 1 heterocycles. The van der Waals surface area contributed by atoms with Crippen molar-refractivity contribution in [3.8, 4) is 0 Å². The Hall–Kier alpha value is -2.40. The van der Waals surface area contributed by atoms with Crippen LogP contribution in [0.3, 0.4) is 0 Å². The third-order valence-electron chi connectivity index (χ3n) is 3.89. The van der Waals surface area contributed by atoms with Crippen LogP contribution in [0.2, 0.25) is 0 Å². The maximum atomic E-state index is 4.48. The zero-order valence-electron chi connectivity index (χ0n) is 14.0.